The molecule has 7 nitrogen and oxygen atoms in total. The Labute approximate surface area is 188 Å². The van der Waals surface area contributed by atoms with Gasteiger partial charge in [-0.1, -0.05) is 32.3 Å². The van der Waals surface area contributed by atoms with Gasteiger partial charge in [-0.25, -0.2) is 23.1 Å². The lowest BCUT2D eigenvalue weighted by molar-refractivity contribution is 0.442. The zero-order chi connectivity index (χ0) is 22.0. The summed E-state index contributed by atoms with van der Waals surface area (Å²) in [5.74, 6) is 1.23. The van der Waals surface area contributed by atoms with Crippen molar-refractivity contribution in [2.24, 2.45) is 7.05 Å². The Kier molecular flexibility index (Phi) is 6.45. The molecule has 4 rings (SSSR count). The number of nitrogens with one attached hydrogen (secondary N) is 1. The maximum atomic E-state index is 13.1. The van der Waals surface area contributed by atoms with Crippen molar-refractivity contribution in [2.75, 3.05) is 18.5 Å². The molecular weight excluding hydrogens is 430 g/mol. The number of hydrogen-bond donors (Lipinski definition) is 1. The number of nitrogens with zero attached hydrogens (tertiary/aromatic N) is 4. The first-order valence-corrected chi connectivity index (χ1v) is 13.0. The molecule has 166 valence electrons. The summed E-state index contributed by atoms with van der Waals surface area (Å²) in [6.45, 7) is 2.12. The van der Waals surface area contributed by atoms with E-state index in [1.54, 1.807) is 30.5 Å². The van der Waals surface area contributed by atoms with Crippen LogP contribution in [-0.2, 0) is 17.1 Å². The molecule has 2 heterocycles. The second-order valence-electron chi connectivity index (χ2n) is 7.98. The molecule has 2 aromatic heterocycles. The molecular formula is C22H29N5O2S2. The molecule has 1 N–H and O–H groups in total. The molecule has 0 bridgehead atoms. The topological polar surface area (TPSA) is 80.1 Å². The fourth-order valence-electron chi connectivity index (χ4n) is 4.16. The highest BCUT2D eigenvalue weighted by atomic mass is 32.2. The van der Waals surface area contributed by atoms with Crippen molar-refractivity contribution < 1.29 is 8.42 Å². The van der Waals surface area contributed by atoms with Crippen molar-refractivity contribution >= 4 is 33.0 Å². The maximum absolute atomic E-state index is 13.1. The van der Waals surface area contributed by atoms with E-state index in [-0.39, 0.29) is 4.90 Å². The summed E-state index contributed by atoms with van der Waals surface area (Å²) in [5, 5.41) is 1.12. The second-order valence-corrected chi connectivity index (χ2v) is 10.8. The molecule has 1 aliphatic carbocycles. The summed E-state index contributed by atoms with van der Waals surface area (Å²) >= 11 is 1.62. The zero-order valence-electron chi connectivity index (χ0n) is 18.2. The number of sulfonamides is 1. The lowest BCUT2D eigenvalue weighted by atomic mass is 9.90. The summed E-state index contributed by atoms with van der Waals surface area (Å²) in [7, 11) is 0.129. The predicted octanol–water partition coefficient (Wildman–Crippen LogP) is 4.66. The van der Waals surface area contributed by atoms with Crippen molar-refractivity contribution in [2.45, 2.75) is 49.8 Å². The number of thiazole rings is 1. The van der Waals surface area contributed by atoms with E-state index in [2.05, 4.69) is 14.7 Å². The average Bonchev–Trinajstić information content (AvgIpc) is 3.43. The van der Waals surface area contributed by atoms with Crippen LogP contribution in [0.4, 0.5) is 11.6 Å². The summed E-state index contributed by atoms with van der Waals surface area (Å²) in [5.41, 5.74) is 1.45. The smallest absolute Gasteiger partial charge is 0.241 e. The van der Waals surface area contributed by atoms with Crippen LogP contribution >= 0.6 is 11.3 Å². The van der Waals surface area contributed by atoms with Crippen LogP contribution in [0.5, 0.6) is 0 Å². The van der Waals surface area contributed by atoms with Crippen LogP contribution in [0, 0.1) is 0 Å². The van der Waals surface area contributed by atoms with Gasteiger partial charge in [0.05, 0.1) is 14.8 Å². The number of aromatic nitrogens is 3. The van der Waals surface area contributed by atoms with Crippen molar-refractivity contribution in [3.63, 3.8) is 0 Å². The summed E-state index contributed by atoms with van der Waals surface area (Å²) < 4.78 is 30.7. The van der Waals surface area contributed by atoms with Gasteiger partial charge in [-0.15, -0.1) is 11.3 Å². The Morgan fingerprint density at radius 2 is 2.00 bits per heavy atom. The Balaban J connectivity index is 1.75. The average molecular weight is 460 g/mol. The number of rotatable bonds is 7. The fraction of sp³-hybridized carbons (Fsp3) is 0.455. The SMILES string of the molecule is CCNS(=O)(=O)c1cc(N(C)c2nccn2C)ccc1-c1cnc(C2CCCCC2)s1. The third kappa shape index (κ3) is 4.53. The molecule has 1 saturated carbocycles. The number of imidazole rings is 1. The Hall–Kier alpha value is -2.23. The largest absolute Gasteiger partial charge is 0.320 e. The van der Waals surface area contributed by atoms with Gasteiger partial charge < -0.3 is 9.47 Å². The molecule has 31 heavy (non-hydrogen) atoms. The molecule has 0 radical (unpaired) electrons. The van der Waals surface area contributed by atoms with E-state index in [1.807, 2.05) is 48.1 Å². The highest BCUT2D eigenvalue weighted by Gasteiger charge is 2.24. The van der Waals surface area contributed by atoms with Crippen LogP contribution in [0.15, 0.2) is 41.7 Å². The molecule has 1 fully saturated rings. The molecule has 9 heteroatoms. The fourth-order valence-corrected chi connectivity index (χ4v) is 6.63. The highest BCUT2D eigenvalue weighted by molar-refractivity contribution is 7.89. The van der Waals surface area contributed by atoms with Gasteiger partial charge in [0.25, 0.3) is 0 Å². The first-order chi connectivity index (χ1) is 14.9. The lowest BCUT2D eigenvalue weighted by Gasteiger charge is -2.20. The van der Waals surface area contributed by atoms with Crippen LogP contribution in [0.25, 0.3) is 10.4 Å². The highest BCUT2D eigenvalue weighted by Crippen LogP contribution is 2.40. The predicted molar refractivity (Wildman–Crippen MR) is 126 cm³/mol. The van der Waals surface area contributed by atoms with Crippen LogP contribution in [0.2, 0.25) is 0 Å². The van der Waals surface area contributed by atoms with Gasteiger partial charge in [0.1, 0.15) is 0 Å². The number of aryl methyl sites for hydroxylation is 1. The molecule has 0 aliphatic heterocycles. The van der Waals surface area contributed by atoms with Crippen molar-refractivity contribution in [3.05, 3.63) is 41.8 Å². The van der Waals surface area contributed by atoms with Gasteiger partial charge in [0, 0.05) is 56.4 Å². The molecule has 0 saturated heterocycles. The molecule has 1 aromatic carbocycles. The Morgan fingerprint density at radius 1 is 1.23 bits per heavy atom. The minimum atomic E-state index is -3.66. The van der Waals surface area contributed by atoms with Crippen molar-refractivity contribution in [3.8, 4) is 10.4 Å². The third-order valence-electron chi connectivity index (χ3n) is 5.82. The van der Waals surface area contributed by atoms with Crippen molar-refractivity contribution in [1.29, 1.82) is 0 Å². The molecule has 0 atom stereocenters. The van der Waals surface area contributed by atoms with Gasteiger partial charge in [-0.2, -0.15) is 0 Å². The Morgan fingerprint density at radius 3 is 2.68 bits per heavy atom. The van der Waals surface area contributed by atoms with Gasteiger partial charge in [-0.3, -0.25) is 0 Å². The van der Waals surface area contributed by atoms with E-state index in [1.165, 1.54) is 32.1 Å². The lowest BCUT2D eigenvalue weighted by Crippen LogP contribution is -2.24. The number of hydrogen-bond acceptors (Lipinski definition) is 6. The van der Waals surface area contributed by atoms with E-state index < -0.39 is 10.0 Å². The first-order valence-electron chi connectivity index (χ1n) is 10.7. The van der Waals surface area contributed by atoms with Crippen LogP contribution in [-0.4, -0.2) is 36.5 Å². The summed E-state index contributed by atoms with van der Waals surface area (Å²) in [4.78, 5) is 12.1. The monoisotopic (exact) mass is 459 g/mol. The van der Waals surface area contributed by atoms with Gasteiger partial charge in [0.2, 0.25) is 16.0 Å². The van der Waals surface area contributed by atoms with Crippen LogP contribution in [0.1, 0.15) is 50.0 Å². The van der Waals surface area contributed by atoms with Gasteiger partial charge in [-0.05, 0) is 25.0 Å². The minimum Gasteiger partial charge on any atom is -0.320 e. The molecule has 0 unspecified atom stereocenters. The molecule has 0 spiro atoms. The van der Waals surface area contributed by atoms with Crippen LogP contribution in [0.3, 0.4) is 0 Å². The van der Waals surface area contributed by atoms with Crippen molar-refractivity contribution in [1.82, 2.24) is 19.3 Å². The number of anilines is 2. The first kappa shape index (κ1) is 22.0. The van der Waals surface area contributed by atoms with E-state index in [0.717, 1.165) is 21.5 Å². The van der Waals surface area contributed by atoms with Gasteiger partial charge >= 0.3 is 0 Å². The van der Waals surface area contributed by atoms with E-state index in [4.69, 9.17) is 0 Å². The number of benzene rings is 1. The Bertz CT molecular complexity index is 1150. The quantitative estimate of drug-likeness (QED) is 0.556. The van der Waals surface area contributed by atoms with E-state index in [0.29, 0.717) is 18.0 Å². The van der Waals surface area contributed by atoms with E-state index >= 15 is 0 Å². The minimum absolute atomic E-state index is 0.270. The van der Waals surface area contributed by atoms with Gasteiger partial charge in [0.15, 0.2) is 0 Å². The van der Waals surface area contributed by atoms with Crippen LogP contribution < -0.4 is 9.62 Å². The molecule has 1 aliphatic rings. The maximum Gasteiger partial charge on any atom is 0.241 e. The summed E-state index contributed by atoms with van der Waals surface area (Å²) in [6.07, 6.45) is 11.5. The van der Waals surface area contributed by atoms with E-state index in [9.17, 15) is 8.42 Å². The third-order valence-corrected chi connectivity index (χ3v) is 8.59. The standard InChI is InChI=1S/C22H29N5O2S2/c1-4-25-31(28,29)20-14-17(27(3)22-23-12-13-26(22)2)10-11-18(20)19-15-24-21(30-19)16-8-6-5-7-9-16/h10-16,25H,4-9H2,1-3H3. The normalized spacial score (nSPS) is 15.3. The summed E-state index contributed by atoms with van der Waals surface area (Å²) in [6, 6.07) is 5.55. The zero-order valence-corrected chi connectivity index (χ0v) is 19.8. The second kappa shape index (κ2) is 9.10. The molecule has 3 aromatic rings. The molecule has 0 amide bonds.